The second-order valence-electron chi connectivity index (χ2n) is 7.01. The number of nitrogens with zero attached hydrogens (tertiary/aromatic N) is 2. The number of aromatic nitrogens is 2. The van der Waals surface area contributed by atoms with E-state index in [0.29, 0.717) is 12.2 Å². The Morgan fingerprint density at radius 3 is 2.35 bits per heavy atom. The summed E-state index contributed by atoms with van der Waals surface area (Å²) < 4.78 is 6.87. The second kappa shape index (κ2) is 10.5. The summed E-state index contributed by atoms with van der Waals surface area (Å²) >= 11 is 0. The number of esters is 1. The number of hydrogen-bond donors (Lipinski definition) is 1. The number of rotatable bonds is 11. The normalized spacial score (nSPS) is 12.8. The lowest BCUT2D eigenvalue weighted by Gasteiger charge is -2.30. The van der Waals surface area contributed by atoms with Gasteiger partial charge in [-0.15, -0.1) is 0 Å². The highest BCUT2D eigenvalue weighted by Gasteiger charge is 2.36. The van der Waals surface area contributed by atoms with Gasteiger partial charge < -0.3 is 9.84 Å². The predicted molar refractivity (Wildman–Crippen MR) is 101 cm³/mol. The zero-order chi connectivity index (χ0) is 19.7. The minimum absolute atomic E-state index is 0.100. The molecule has 0 amide bonds. The first-order chi connectivity index (χ1) is 12.3. The highest BCUT2D eigenvalue weighted by atomic mass is 16.5. The van der Waals surface area contributed by atoms with Crippen LogP contribution in [0.3, 0.4) is 0 Å². The summed E-state index contributed by atoms with van der Waals surface area (Å²) in [6, 6.07) is 0. The van der Waals surface area contributed by atoms with E-state index in [1.807, 2.05) is 20.8 Å². The average molecular weight is 367 g/mol. The van der Waals surface area contributed by atoms with Crippen LogP contribution in [-0.2, 0) is 16.0 Å². The minimum atomic E-state index is -1.02. The Morgan fingerprint density at radius 1 is 1.23 bits per heavy atom. The molecule has 6 nitrogen and oxygen atoms in total. The Balaban J connectivity index is 2.65. The molecule has 0 spiro atoms. The van der Waals surface area contributed by atoms with Gasteiger partial charge in [0.2, 0.25) is 5.91 Å². The molecule has 26 heavy (non-hydrogen) atoms. The number of carbonyl (C=O) groups is 2. The second-order valence-corrected chi connectivity index (χ2v) is 7.01. The van der Waals surface area contributed by atoms with Gasteiger partial charge >= 0.3 is 5.97 Å². The summed E-state index contributed by atoms with van der Waals surface area (Å²) in [4.78, 5) is 29.3. The molecular weight excluding hydrogens is 332 g/mol. The van der Waals surface area contributed by atoms with E-state index in [1.165, 1.54) is 4.57 Å². The highest BCUT2D eigenvalue weighted by molar-refractivity contribution is 5.80. The maximum atomic E-state index is 12.6. The fourth-order valence-electron chi connectivity index (χ4n) is 3.48. The summed E-state index contributed by atoms with van der Waals surface area (Å²) in [6.45, 7) is 9.70. The van der Waals surface area contributed by atoms with Crippen molar-refractivity contribution in [2.75, 3.05) is 6.61 Å². The van der Waals surface area contributed by atoms with Gasteiger partial charge in [0.05, 0.1) is 23.6 Å². The summed E-state index contributed by atoms with van der Waals surface area (Å²) in [6.07, 6.45) is 5.28. The first-order valence-electron chi connectivity index (χ1n) is 9.76. The number of aliphatic hydroxyl groups excluding tert-OH is 1. The van der Waals surface area contributed by atoms with E-state index in [2.05, 4.69) is 18.8 Å². The van der Waals surface area contributed by atoms with Crippen LogP contribution >= 0.6 is 0 Å². The first kappa shape index (κ1) is 22.4. The molecule has 1 N–H and O–H groups in total. The van der Waals surface area contributed by atoms with Gasteiger partial charge in [-0.25, -0.2) is 4.98 Å². The van der Waals surface area contributed by atoms with E-state index in [4.69, 9.17) is 4.74 Å². The van der Waals surface area contributed by atoms with E-state index in [-0.39, 0.29) is 24.9 Å². The molecule has 1 aromatic rings. The van der Waals surface area contributed by atoms with Crippen LogP contribution in [-0.4, -0.2) is 39.2 Å². The van der Waals surface area contributed by atoms with Crippen molar-refractivity contribution in [3.05, 3.63) is 17.7 Å². The number of carbonyl (C=O) groups excluding carboxylic acids is 2. The third-order valence-corrected chi connectivity index (χ3v) is 4.87. The maximum Gasteiger partial charge on any atom is 0.312 e. The van der Waals surface area contributed by atoms with Gasteiger partial charge in [-0.05, 0) is 26.2 Å². The van der Waals surface area contributed by atoms with Crippen molar-refractivity contribution in [3.63, 3.8) is 0 Å². The van der Waals surface area contributed by atoms with Crippen molar-refractivity contribution in [2.45, 2.75) is 85.7 Å². The van der Waals surface area contributed by atoms with Gasteiger partial charge in [0.25, 0.3) is 0 Å². The van der Waals surface area contributed by atoms with Gasteiger partial charge in [0.1, 0.15) is 12.4 Å². The molecule has 0 radical (unpaired) electrons. The van der Waals surface area contributed by atoms with Crippen molar-refractivity contribution >= 4 is 11.9 Å². The molecule has 148 valence electrons. The molecule has 6 heteroatoms. The summed E-state index contributed by atoms with van der Waals surface area (Å²) in [5.41, 5.74) is 0.285. The van der Waals surface area contributed by atoms with Crippen LogP contribution < -0.4 is 0 Å². The lowest BCUT2D eigenvalue weighted by atomic mass is 9.77. The van der Waals surface area contributed by atoms with E-state index in [1.54, 1.807) is 6.20 Å². The quantitative estimate of drug-likeness (QED) is 0.604. The Kier molecular flexibility index (Phi) is 8.99. The first-order valence-corrected chi connectivity index (χ1v) is 9.76. The topological polar surface area (TPSA) is 81.4 Å². The van der Waals surface area contributed by atoms with E-state index in [0.717, 1.165) is 37.8 Å². The summed E-state index contributed by atoms with van der Waals surface area (Å²) in [7, 11) is 0. The zero-order valence-electron chi connectivity index (χ0n) is 16.9. The Hall–Kier alpha value is -1.69. The smallest absolute Gasteiger partial charge is 0.312 e. The fraction of sp³-hybridized carbons (Fsp3) is 0.750. The summed E-state index contributed by atoms with van der Waals surface area (Å²) in [5.74, 6) is 0.172. The van der Waals surface area contributed by atoms with Crippen molar-refractivity contribution in [2.24, 2.45) is 5.41 Å². The standard InChI is InChI=1S/C20H34N2O4/c1-6-10-20(9-4,11-7-2)19(25)26-14-16(23)12-18(24)22-13-15(5)21-17(22)8-3/h13,16,23H,6-12,14H2,1-5H3. The molecule has 1 heterocycles. The van der Waals surface area contributed by atoms with E-state index < -0.39 is 11.5 Å². The van der Waals surface area contributed by atoms with Gasteiger partial charge in [-0.3, -0.25) is 14.2 Å². The Labute approximate surface area is 157 Å². The third-order valence-electron chi connectivity index (χ3n) is 4.87. The van der Waals surface area contributed by atoms with Crippen LogP contribution in [0.1, 0.15) is 82.5 Å². The summed E-state index contributed by atoms with van der Waals surface area (Å²) in [5, 5.41) is 10.2. The molecule has 1 atom stereocenters. The van der Waals surface area contributed by atoms with Crippen LogP contribution in [0.4, 0.5) is 0 Å². The number of aliphatic hydroxyl groups is 1. The lowest BCUT2D eigenvalue weighted by Crippen LogP contribution is -2.35. The SMILES string of the molecule is CCCC(CC)(CCC)C(=O)OCC(O)CC(=O)n1cc(C)nc1CC. The molecule has 0 aromatic carbocycles. The van der Waals surface area contributed by atoms with Crippen molar-refractivity contribution < 1.29 is 19.4 Å². The molecule has 1 rings (SSSR count). The van der Waals surface area contributed by atoms with Gasteiger partial charge in [0, 0.05) is 12.6 Å². The predicted octanol–water partition coefficient (Wildman–Crippen LogP) is 3.68. The highest BCUT2D eigenvalue weighted by Crippen LogP contribution is 2.35. The molecule has 0 saturated heterocycles. The minimum Gasteiger partial charge on any atom is -0.462 e. The van der Waals surface area contributed by atoms with Crippen LogP contribution in [0.5, 0.6) is 0 Å². The largest absolute Gasteiger partial charge is 0.462 e. The molecule has 0 aliphatic carbocycles. The van der Waals surface area contributed by atoms with Gasteiger partial charge in [-0.2, -0.15) is 0 Å². The monoisotopic (exact) mass is 366 g/mol. The number of ether oxygens (including phenoxy) is 1. The van der Waals surface area contributed by atoms with Crippen LogP contribution in [0.25, 0.3) is 0 Å². The fourth-order valence-corrected chi connectivity index (χ4v) is 3.48. The van der Waals surface area contributed by atoms with Gasteiger partial charge in [0.15, 0.2) is 0 Å². The van der Waals surface area contributed by atoms with Crippen molar-refractivity contribution in [1.29, 1.82) is 0 Å². The third kappa shape index (κ3) is 5.66. The van der Waals surface area contributed by atoms with Crippen LogP contribution in [0, 0.1) is 12.3 Å². The molecule has 0 fully saturated rings. The van der Waals surface area contributed by atoms with E-state index in [9.17, 15) is 14.7 Å². The van der Waals surface area contributed by atoms with Crippen molar-refractivity contribution in [1.82, 2.24) is 9.55 Å². The van der Waals surface area contributed by atoms with Crippen molar-refractivity contribution in [3.8, 4) is 0 Å². The zero-order valence-corrected chi connectivity index (χ0v) is 16.9. The Bertz CT molecular complexity index is 589. The molecule has 0 bridgehead atoms. The molecule has 0 aliphatic rings. The van der Waals surface area contributed by atoms with Crippen LogP contribution in [0.15, 0.2) is 6.20 Å². The average Bonchev–Trinajstić information content (AvgIpc) is 3.00. The number of hydrogen-bond acceptors (Lipinski definition) is 5. The molecule has 1 unspecified atom stereocenters. The Morgan fingerprint density at radius 2 is 1.85 bits per heavy atom. The molecule has 1 aromatic heterocycles. The number of aryl methyl sites for hydroxylation is 2. The molecule has 0 saturated carbocycles. The lowest BCUT2D eigenvalue weighted by molar-refractivity contribution is -0.160. The molecule has 0 aliphatic heterocycles. The number of imidazole rings is 1. The van der Waals surface area contributed by atoms with Gasteiger partial charge in [-0.1, -0.05) is 40.5 Å². The molecular formula is C20H34N2O4. The van der Waals surface area contributed by atoms with Crippen LogP contribution in [0.2, 0.25) is 0 Å². The van der Waals surface area contributed by atoms with E-state index >= 15 is 0 Å². The maximum absolute atomic E-state index is 12.6.